The molecule has 0 saturated heterocycles. The van der Waals surface area contributed by atoms with E-state index in [0.717, 1.165) is 0 Å². The first kappa shape index (κ1) is 21.5. The van der Waals surface area contributed by atoms with Crippen molar-refractivity contribution in [2.24, 2.45) is 0 Å². The van der Waals surface area contributed by atoms with Crippen molar-refractivity contribution in [3.05, 3.63) is 59.4 Å². The van der Waals surface area contributed by atoms with E-state index >= 15 is 0 Å². The van der Waals surface area contributed by atoms with Gasteiger partial charge in [0.15, 0.2) is 11.5 Å². The van der Waals surface area contributed by atoms with Crippen LogP contribution in [-0.2, 0) is 11.3 Å². The Morgan fingerprint density at radius 3 is 2.24 bits per heavy atom. The summed E-state index contributed by atoms with van der Waals surface area (Å²) in [6, 6.07) is 9.56. The Balaban J connectivity index is 1.72. The molecule has 0 aliphatic heterocycles. The molecule has 0 spiro atoms. The lowest BCUT2D eigenvalue weighted by Crippen LogP contribution is -2.47. The fraction of sp³-hybridized carbons (Fsp3) is 0.211. The van der Waals surface area contributed by atoms with Crippen molar-refractivity contribution in [1.82, 2.24) is 21.5 Å². The molecule has 29 heavy (non-hydrogen) atoms. The summed E-state index contributed by atoms with van der Waals surface area (Å²) < 4.78 is 23.0. The fourth-order valence-electron chi connectivity index (χ4n) is 2.23. The second-order valence-corrected chi connectivity index (χ2v) is 5.73. The topological polar surface area (TPSA) is 118 Å². The average Bonchev–Trinajstić information content (AvgIpc) is 2.74. The summed E-state index contributed by atoms with van der Waals surface area (Å²) in [5.41, 5.74) is 5.37. The van der Waals surface area contributed by atoms with Crippen molar-refractivity contribution in [3.63, 3.8) is 0 Å². The van der Waals surface area contributed by atoms with Crippen LogP contribution in [0.4, 0.5) is 9.18 Å². The first-order chi connectivity index (χ1) is 13.9. The van der Waals surface area contributed by atoms with Crippen LogP contribution in [0, 0.1) is 5.82 Å². The molecule has 2 aromatic carbocycles. The van der Waals surface area contributed by atoms with E-state index in [1.807, 2.05) is 0 Å². The molecule has 0 bridgehead atoms. The molecule has 0 fully saturated rings. The van der Waals surface area contributed by atoms with Crippen molar-refractivity contribution in [3.8, 4) is 11.5 Å². The van der Waals surface area contributed by atoms with Gasteiger partial charge in [-0.1, -0.05) is 12.1 Å². The summed E-state index contributed by atoms with van der Waals surface area (Å²) in [5, 5.41) is 4.86. The lowest BCUT2D eigenvalue weighted by Gasteiger charge is -2.11. The van der Waals surface area contributed by atoms with E-state index in [1.165, 1.54) is 50.6 Å². The largest absolute Gasteiger partial charge is 0.493 e. The van der Waals surface area contributed by atoms with Gasteiger partial charge >= 0.3 is 6.03 Å². The van der Waals surface area contributed by atoms with Gasteiger partial charge in [-0.3, -0.25) is 20.4 Å². The van der Waals surface area contributed by atoms with Crippen LogP contribution in [0.5, 0.6) is 11.5 Å². The number of urea groups is 1. The Labute approximate surface area is 166 Å². The average molecular weight is 404 g/mol. The molecule has 154 valence electrons. The quantitative estimate of drug-likeness (QED) is 0.516. The second kappa shape index (κ2) is 10.5. The van der Waals surface area contributed by atoms with Crippen LogP contribution in [0.15, 0.2) is 42.5 Å². The minimum atomic E-state index is -0.629. The van der Waals surface area contributed by atoms with Crippen LogP contribution in [-0.4, -0.2) is 38.6 Å². The zero-order chi connectivity index (χ0) is 21.2. The van der Waals surface area contributed by atoms with Crippen LogP contribution in [0.1, 0.15) is 15.9 Å². The fourth-order valence-corrected chi connectivity index (χ4v) is 2.23. The number of hydrazine groups is 1. The maximum Gasteiger partial charge on any atom is 0.315 e. The third-order valence-corrected chi connectivity index (χ3v) is 3.74. The summed E-state index contributed by atoms with van der Waals surface area (Å²) >= 11 is 0. The first-order valence-electron chi connectivity index (χ1n) is 8.50. The zero-order valence-electron chi connectivity index (χ0n) is 15.9. The van der Waals surface area contributed by atoms with Gasteiger partial charge in [0.1, 0.15) is 12.4 Å². The molecule has 0 aromatic heterocycles. The van der Waals surface area contributed by atoms with Gasteiger partial charge in [-0.2, -0.15) is 0 Å². The summed E-state index contributed by atoms with van der Waals surface area (Å²) in [6.07, 6.45) is 0. The van der Waals surface area contributed by atoms with E-state index in [9.17, 15) is 18.8 Å². The van der Waals surface area contributed by atoms with Gasteiger partial charge in [-0.15, -0.1) is 0 Å². The van der Waals surface area contributed by atoms with E-state index in [-0.39, 0.29) is 24.5 Å². The Morgan fingerprint density at radius 2 is 1.59 bits per heavy atom. The molecule has 0 atom stereocenters. The van der Waals surface area contributed by atoms with E-state index in [0.29, 0.717) is 17.1 Å². The molecule has 0 saturated carbocycles. The van der Waals surface area contributed by atoms with Crippen LogP contribution in [0.3, 0.4) is 0 Å². The summed E-state index contributed by atoms with van der Waals surface area (Å²) in [5.74, 6) is -0.740. The van der Waals surface area contributed by atoms with Crippen molar-refractivity contribution >= 4 is 17.8 Å². The van der Waals surface area contributed by atoms with Crippen LogP contribution >= 0.6 is 0 Å². The lowest BCUT2D eigenvalue weighted by molar-refractivity contribution is -0.120. The predicted molar refractivity (Wildman–Crippen MR) is 102 cm³/mol. The van der Waals surface area contributed by atoms with Gasteiger partial charge < -0.3 is 20.1 Å². The molecule has 4 amide bonds. The molecule has 0 aliphatic rings. The van der Waals surface area contributed by atoms with Crippen molar-refractivity contribution < 1.29 is 28.2 Å². The molecule has 0 aliphatic carbocycles. The Morgan fingerprint density at radius 1 is 0.897 bits per heavy atom. The molecule has 9 nitrogen and oxygen atoms in total. The standard InChI is InChI=1S/C19H21FN4O5/c1-28-15-8-5-13(9-16(15)29-2)18(26)24-23-17(25)11-22-19(27)21-10-12-3-6-14(20)7-4-12/h3-9H,10-11H2,1-2H3,(H,23,25)(H,24,26)(H2,21,22,27). The number of ether oxygens (including phenoxy) is 2. The number of hydrogen-bond acceptors (Lipinski definition) is 5. The number of hydrogen-bond donors (Lipinski definition) is 4. The van der Waals surface area contributed by atoms with Crippen LogP contribution in [0.2, 0.25) is 0 Å². The van der Waals surface area contributed by atoms with E-state index in [1.54, 1.807) is 6.07 Å². The molecule has 4 N–H and O–H groups in total. The highest BCUT2D eigenvalue weighted by atomic mass is 19.1. The molecule has 2 aromatic rings. The van der Waals surface area contributed by atoms with Crippen molar-refractivity contribution in [2.75, 3.05) is 20.8 Å². The number of halogens is 1. The third kappa shape index (κ3) is 6.69. The van der Waals surface area contributed by atoms with Gasteiger partial charge in [0.05, 0.1) is 14.2 Å². The number of carbonyl (C=O) groups excluding carboxylic acids is 3. The second-order valence-electron chi connectivity index (χ2n) is 5.73. The SMILES string of the molecule is COc1ccc(C(=O)NNC(=O)CNC(=O)NCc2ccc(F)cc2)cc1OC. The summed E-state index contributed by atoms with van der Waals surface area (Å²) in [7, 11) is 2.91. The predicted octanol–water partition coefficient (Wildman–Crippen LogP) is 1.10. The minimum Gasteiger partial charge on any atom is -0.493 e. The van der Waals surface area contributed by atoms with Crippen molar-refractivity contribution in [1.29, 1.82) is 0 Å². The molecular formula is C19H21FN4O5. The number of rotatable bonds is 7. The highest BCUT2D eigenvalue weighted by Crippen LogP contribution is 2.27. The van der Waals surface area contributed by atoms with Gasteiger partial charge in [0.25, 0.3) is 11.8 Å². The molecule has 10 heteroatoms. The van der Waals surface area contributed by atoms with Crippen LogP contribution in [0.25, 0.3) is 0 Å². The normalized spacial score (nSPS) is 9.90. The van der Waals surface area contributed by atoms with Gasteiger partial charge in [0, 0.05) is 12.1 Å². The Kier molecular flexibility index (Phi) is 7.78. The molecule has 0 unspecified atom stereocenters. The zero-order valence-corrected chi connectivity index (χ0v) is 15.9. The summed E-state index contributed by atoms with van der Waals surface area (Å²) in [6.45, 7) is -0.189. The van der Waals surface area contributed by atoms with E-state index in [4.69, 9.17) is 9.47 Å². The van der Waals surface area contributed by atoms with Crippen LogP contribution < -0.4 is 31.0 Å². The first-order valence-corrected chi connectivity index (χ1v) is 8.50. The van der Waals surface area contributed by atoms with Crippen molar-refractivity contribution in [2.45, 2.75) is 6.54 Å². The smallest absolute Gasteiger partial charge is 0.315 e. The Bertz CT molecular complexity index is 873. The van der Waals surface area contributed by atoms with Gasteiger partial charge in [-0.25, -0.2) is 9.18 Å². The molecule has 0 heterocycles. The highest BCUT2D eigenvalue weighted by molar-refractivity contribution is 5.96. The molecular weight excluding hydrogens is 383 g/mol. The third-order valence-electron chi connectivity index (χ3n) is 3.74. The maximum atomic E-state index is 12.8. The summed E-state index contributed by atoms with van der Waals surface area (Å²) in [4.78, 5) is 35.5. The molecule has 2 rings (SSSR count). The number of nitrogens with one attached hydrogen (secondary N) is 4. The van der Waals surface area contributed by atoms with Gasteiger partial charge in [0.2, 0.25) is 0 Å². The monoisotopic (exact) mass is 404 g/mol. The number of amides is 4. The highest BCUT2D eigenvalue weighted by Gasteiger charge is 2.12. The van der Waals surface area contributed by atoms with E-state index < -0.39 is 17.8 Å². The van der Waals surface area contributed by atoms with Gasteiger partial charge in [-0.05, 0) is 35.9 Å². The number of benzene rings is 2. The van der Waals surface area contributed by atoms with E-state index in [2.05, 4.69) is 21.5 Å². The minimum absolute atomic E-state index is 0.170. The molecule has 0 radical (unpaired) electrons. The lowest BCUT2D eigenvalue weighted by atomic mass is 10.2. The number of carbonyl (C=O) groups is 3. The number of methoxy groups -OCH3 is 2. The Hall–Kier alpha value is -3.82. The maximum absolute atomic E-state index is 12.8.